The van der Waals surface area contributed by atoms with E-state index in [0.717, 1.165) is 30.0 Å². The molecule has 1 atom stereocenters. The second-order valence-electron chi connectivity index (χ2n) is 7.19. The average Bonchev–Trinajstić information content (AvgIpc) is 2.70. The van der Waals surface area contributed by atoms with Crippen LogP contribution in [-0.4, -0.2) is 10.9 Å². The molecule has 150 valence electrons. The Kier molecular flexibility index (Phi) is 6.50. The lowest BCUT2D eigenvalue weighted by Gasteiger charge is -2.16. The largest absolute Gasteiger partial charge is 0.457 e. The van der Waals surface area contributed by atoms with Crippen LogP contribution in [0.25, 0.3) is 0 Å². The summed E-state index contributed by atoms with van der Waals surface area (Å²) in [6.07, 6.45) is 2.24. The summed E-state index contributed by atoms with van der Waals surface area (Å²) in [7, 11) is 0. The van der Waals surface area contributed by atoms with Crippen molar-refractivity contribution in [2.24, 2.45) is 0 Å². The molecule has 1 aromatic heterocycles. The molecule has 5 heteroatoms. The van der Waals surface area contributed by atoms with Crippen molar-refractivity contribution in [2.45, 2.75) is 39.5 Å². The molecule has 1 amide bonds. The molecule has 0 fully saturated rings. The summed E-state index contributed by atoms with van der Waals surface area (Å²) in [5.74, 6) is 1.95. The van der Waals surface area contributed by atoms with Crippen molar-refractivity contribution in [3.8, 4) is 11.5 Å². The monoisotopic (exact) mass is 389 g/mol. The summed E-state index contributed by atoms with van der Waals surface area (Å²) in [6, 6.07) is 18.9. The van der Waals surface area contributed by atoms with Gasteiger partial charge in [-0.15, -0.1) is 0 Å². The molecule has 3 rings (SSSR count). The minimum Gasteiger partial charge on any atom is -0.457 e. The predicted octanol–water partition coefficient (Wildman–Crippen LogP) is 5.92. The first kappa shape index (κ1) is 20.4. The van der Waals surface area contributed by atoms with Crippen molar-refractivity contribution in [1.29, 1.82) is 0 Å². The molecule has 0 radical (unpaired) electrons. The zero-order chi connectivity index (χ0) is 20.8. The molecule has 3 N–H and O–H groups in total. The third-order valence-electron chi connectivity index (χ3n) is 4.82. The Labute approximate surface area is 171 Å². The molecule has 0 aliphatic carbocycles. The van der Waals surface area contributed by atoms with Crippen LogP contribution in [0.3, 0.4) is 0 Å². The van der Waals surface area contributed by atoms with E-state index in [0.29, 0.717) is 17.2 Å². The second-order valence-corrected chi connectivity index (χ2v) is 7.19. The van der Waals surface area contributed by atoms with E-state index >= 15 is 0 Å². The number of nitrogens with two attached hydrogens (primary N) is 1. The first-order valence-electron chi connectivity index (χ1n) is 9.89. The minimum absolute atomic E-state index is 0.222. The van der Waals surface area contributed by atoms with E-state index in [2.05, 4.69) is 30.2 Å². The SMILES string of the molecule is CCCC(C)c1ccccc1Oc1ccc(NC(=O)c2ccc(C)nc2N)cc1. The Balaban J connectivity index is 1.70. The number of nitrogen functional groups attached to an aromatic ring is 1. The molecule has 29 heavy (non-hydrogen) atoms. The lowest BCUT2D eigenvalue weighted by atomic mass is 9.96. The third kappa shape index (κ3) is 5.13. The number of pyridine rings is 1. The van der Waals surface area contributed by atoms with E-state index in [1.165, 1.54) is 5.56 Å². The van der Waals surface area contributed by atoms with Crippen LogP contribution in [-0.2, 0) is 0 Å². The van der Waals surface area contributed by atoms with Gasteiger partial charge in [0.1, 0.15) is 17.3 Å². The third-order valence-corrected chi connectivity index (χ3v) is 4.82. The van der Waals surface area contributed by atoms with Gasteiger partial charge in [0.25, 0.3) is 5.91 Å². The predicted molar refractivity (Wildman–Crippen MR) is 118 cm³/mol. The number of rotatable bonds is 7. The standard InChI is InChI=1S/C24H27N3O2/c1-4-7-16(2)20-8-5-6-9-22(20)29-19-13-11-18(12-14-19)27-24(28)21-15-10-17(3)26-23(21)25/h5-6,8-16H,4,7H2,1-3H3,(H2,25,26)(H,27,28). The van der Waals surface area contributed by atoms with E-state index in [-0.39, 0.29) is 11.7 Å². The van der Waals surface area contributed by atoms with Gasteiger partial charge in [-0.2, -0.15) is 0 Å². The Hall–Kier alpha value is -3.34. The van der Waals surface area contributed by atoms with E-state index in [1.807, 2.05) is 49.4 Å². The minimum atomic E-state index is -0.289. The van der Waals surface area contributed by atoms with Crippen molar-refractivity contribution < 1.29 is 9.53 Å². The fourth-order valence-electron chi connectivity index (χ4n) is 3.27. The Morgan fingerprint density at radius 3 is 2.52 bits per heavy atom. The Bertz CT molecular complexity index is 984. The van der Waals surface area contributed by atoms with Crippen LogP contribution in [0, 0.1) is 6.92 Å². The molecular formula is C24H27N3O2. The summed E-state index contributed by atoms with van der Waals surface area (Å²) in [5.41, 5.74) is 8.85. The average molecular weight is 389 g/mol. The van der Waals surface area contributed by atoms with Crippen LogP contribution in [0.1, 0.15) is 54.2 Å². The van der Waals surface area contributed by atoms with Crippen LogP contribution in [0.2, 0.25) is 0 Å². The second kappa shape index (κ2) is 9.24. The highest BCUT2D eigenvalue weighted by atomic mass is 16.5. The highest BCUT2D eigenvalue weighted by Gasteiger charge is 2.13. The van der Waals surface area contributed by atoms with Crippen molar-refractivity contribution in [3.63, 3.8) is 0 Å². The van der Waals surface area contributed by atoms with Gasteiger partial charge in [0.2, 0.25) is 0 Å². The number of nitrogens with zero attached hydrogens (tertiary/aromatic N) is 1. The van der Waals surface area contributed by atoms with Crippen molar-refractivity contribution in [2.75, 3.05) is 11.1 Å². The summed E-state index contributed by atoms with van der Waals surface area (Å²) in [5, 5.41) is 2.84. The number of aryl methyl sites for hydroxylation is 1. The topological polar surface area (TPSA) is 77.2 Å². The summed E-state index contributed by atoms with van der Waals surface area (Å²) >= 11 is 0. The normalized spacial score (nSPS) is 11.7. The molecule has 0 saturated carbocycles. The van der Waals surface area contributed by atoms with E-state index in [1.54, 1.807) is 12.1 Å². The van der Waals surface area contributed by atoms with E-state index in [4.69, 9.17) is 10.5 Å². The molecule has 5 nitrogen and oxygen atoms in total. The smallest absolute Gasteiger partial charge is 0.259 e. The maximum atomic E-state index is 12.4. The van der Waals surface area contributed by atoms with E-state index in [9.17, 15) is 4.79 Å². The van der Waals surface area contributed by atoms with E-state index < -0.39 is 0 Å². The highest BCUT2D eigenvalue weighted by Crippen LogP contribution is 2.33. The number of nitrogens with one attached hydrogen (secondary N) is 1. The van der Waals surface area contributed by atoms with Crippen LogP contribution in [0.5, 0.6) is 11.5 Å². The first-order chi connectivity index (χ1) is 14.0. The number of amides is 1. The van der Waals surface area contributed by atoms with Crippen molar-refractivity contribution >= 4 is 17.4 Å². The number of hydrogen-bond donors (Lipinski definition) is 2. The number of carbonyl (C=O) groups excluding carboxylic acids is 1. The zero-order valence-electron chi connectivity index (χ0n) is 17.1. The van der Waals surface area contributed by atoms with Crippen LogP contribution >= 0.6 is 0 Å². The zero-order valence-corrected chi connectivity index (χ0v) is 17.1. The fraction of sp³-hybridized carbons (Fsp3) is 0.250. The molecule has 0 aliphatic heterocycles. The van der Waals surface area contributed by atoms with Gasteiger partial charge in [-0.3, -0.25) is 4.79 Å². The molecule has 0 spiro atoms. The van der Waals surface area contributed by atoms with Crippen LogP contribution < -0.4 is 15.8 Å². The number of hydrogen-bond acceptors (Lipinski definition) is 4. The number of anilines is 2. The molecule has 1 heterocycles. The van der Waals surface area contributed by atoms with Gasteiger partial charge in [-0.25, -0.2) is 4.98 Å². The Morgan fingerprint density at radius 2 is 1.83 bits per heavy atom. The summed E-state index contributed by atoms with van der Waals surface area (Å²) in [6.45, 7) is 6.24. The van der Waals surface area contributed by atoms with Gasteiger partial charge >= 0.3 is 0 Å². The lowest BCUT2D eigenvalue weighted by molar-refractivity contribution is 0.102. The first-order valence-corrected chi connectivity index (χ1v) is 9.89. The summed E-state index contributed by atoms with van der Waals surface area (Å²) in [4.78, 5) is 16.6. The van der Waals surface area contributed by atoms with Crippen LogP contribution in [0.15, 0.2) is 60.7 Å². The molecule has 3 aromatic rings. The number of carbonyl (C=O) groups is 1. The molecule has 0 bridgehead atoms. The number of benzene rings is 2. The maximum Gasteiger partial charge on any atom is 0.259 e. The highest BCUT2D eigenvalue weighted by molar-refractivity contribution is 6.07. The molecular weight excluding hydrogens is 362 g/mol. The maximum absolute atomic E-state index is 12.4. The molecule has 0 aliphatic rings. The molecule has 2 aromatic carbocycles. The van der Waals surface area contributed by atoms with Gasteiger partial charge < -0.3 is 15.8 Å². The molecule has 0 saturated heterocycles. The number of para-hydroxylation sites is 1. The number of aromatic nitrogens is 1. The van der Waals surface area contributed by atoms with Crippen LogP contribution in [0.4, 0.5) is 11.5 Å². The summed E-state index contributed by atoms with van der Waals surface area (Å²) < 4.78 is 6.11. The van der Waals surface area contributed by atoms with Gasteiger partial charge in [0, 0.05) is 11.4 Å². The quantitative estimate of drug-likeness (QED) is 0.526. The van der Waals surface area contributed by atoms with Crippen molar-refractivity contribution in [3.05, 3.63) is 77.5 Å². The van der Waals surface area contributed by atoms with Gasteiger partial charge in [0.05, 0.1) is 5.56 Å². The fourth-order valence-corrected chi connectivity index (χ4v) is 3.27. The molecule has 1 unspecified atom stereocenters. The Morgan fingerprint density at radius 1 is 1.10 bits per heavy atom. The van der Waals surface area contributed by atoms with Crippen molar-refractivity contribution in [1.82, 2.24) is 4.98 Å². The van der Waals surface area contributed by atoms with Gasteiger partial charge in [-0.1, -0.05) is 38.5 Å². The number of ether oxygens (including phenoxy) is 1. The lowest BCUT2D eigenvalue weighted by Crippen LogP contribution is -2.15. The van der Waals surface area contributed by atoms with Gasteiger partial charge in [0.15, 0.2) is 0 Å². The van der Waals surface area contributed by atoms with Gasteiger partial charge in [-0.05, 0) is 67.3 Å².